The maximum atomic E-state index is 12.5. The van der Waals surface area contributed by atoms with Gasteiger partial charge in [0.25, 0.3) is 0 Å². The van der Waals surface area contributed by atoms with Gasteiger partial charge in [-0.2, -0.15) is 8.78 Å². The van der Waals surface area contributed by atoms with Crippen LogP contribution >= 0.6 is 0 Å². The fraction of sp³-hybridized carbons (Fsp3) is 0.333. The Morgan fingerprint density at radius 3 is 2.44 bits per heavy atom. The van der Waals surface area contributed by atoms with Gasteiger partial charge in [-0.05, 0) is 36.2 Å². The summed E-state index contributed by atoms with van der Waals surface area (Å²) in [7, 11) is -3.71. The molecule has 0 aliphatic carbocycles. The summed E-state index contributed by atoms with van der Waals surface area (Å²) < 4.78 is 67.0. The maximum Gasteiger partial charge on any atom is 0.387 e. The molecule has 2 aromatic rings. The maximum absolute atomic E-state index is 12.5. The summed E-state index contributed by atoms with van der Waals surface area (Å²) in [6.45, 7) is -1.72. The molecule has 0 amide bonds. The van der Waals surface area contributed by atoms with Crippen molar-refractivity contribution in [2.45, 2.75) is 24.3 Å². The van der Waals surface area contributed by atoms with Crippen LogP contribution in [0.3, 0.4) is 0 Å². The largest absolute Gasteiger partial charge is 0.490 e. The second kappa shape index (κ2) is 8.53. The van der Waals surface area contributed by atoms with Crippen molar-refractivity contribution in [3.8, 4) is 17.2 Å². The van der Waals surface area contributed by atoms with Gasteiger partial charge in [0.2, 0.25) is 10.0 Å². The van der Waals surface area contributed by atoms with Gasteiger partial charge >= 0.3 is 6.61 Å². The molecule has 1 N–H and O–H groups in total. The highest BCUT2D eigenvalue weighted by molar-refractivity contribution is 7.89. The van der Waals surface area contributed by atoms with Crippen LogP contribution < -0.4 is 18.9 Å². The van der Waals surface area contributed by atoms with Gasteiger partial charge < -0.3 is 14.2 Å². The average Bonchev–Trinajstić information content (AvgIpc) is 2.87. The Labute approximate surface area is 156 Å². The van der Waals surface area contributed by atoms with Gasteiger partial charge in [0.05, 0.1) is 18.1 Å². The molecule has 0 spiro atoms. The van der Waals surface area contributed by atoms with Gasteiger partial charge in [-0.1, -0.05) is 12.1 Å². The lowest BCUT2D eigenvalue weighted by Crippen LogP contribution is -2.26. The lowest BCUT2D eigenvalue weighted by Gasteiger charge is -2.11. The van der Waals surface area contributed by atoms with Crippen LogP contribution in [0, 0.1) is 0 Å². The van der Waals surface area contributed by atoms with Crippen molar-refractivity contribution in [1.29, 1.82) is 0 Å². The van der Waals surface area contributed by atoms with Gasteiger partial charge in [-0.25, -0.2) is 13.1 Å². The van der Waals surface area contributed by atoms with Crippen LogP contribution in [0.1, 0.15) is 12.0 Å². The lowest BCUT2D eigenvalue weighted by atomic mass is 10.1. The van der Waals surface area contributed by atoms with Crippen molar-refractivity contribution >= 4 is 10.0 Å². The number of nitrogens with one attached hydrogen (secondary N) is 1. The number of fused-ring (bicyclic) bond motifs is 1. The minimum Gasteiger partial charge on any atom is -0.490 e. The van der Waals surface area contributed by atoms with E-state index in [1.165, 1.54) is 24.3 Å². The number of benzene rings is 2. The number of hydrogen-bond acceptors (Lipinski definition) is 5. The number of sulfonamides is 1. The monoisotopic (exact) mass is 399 g/mol. The summed E-state index contributed by atoms with van der Waals surface area (Å²) in [6, 6.07) is 10.5. The summed E-state index contributed by atoms with van der Waals surface area (Å²) in [5, 5.41) is 0. The van der Waals surface area contributed by atoms with Gasteiger partial charge in [0.15, 0.2) is 11.5 Å². The Hall–Kier alpha value is -2.39. The molecule has 0 atom stereocenters. The van der Waals surface area contributed by atoms with E-state index < -0.39 is 16.6 Å². The highest BCUT2D eigenvalue weighted by Gasteiger charge is 2.18. The first-order valence-corrected chi connectivity index (χ1v) is 9.85. The molecule has 0 bridgehead atoms. The number of halogens is 2. The number of alkyl halides is 2. The highest BCUT2D eigenvalue weighted by atomic mass is 32.2. The fourth-order valence-electron chi connectivity index (χ4n) is 2.56. The second-order valence-electron chi connectivity index (χ2n) is 5.83. The summed E-state index contributed by atoms with van der Waals surface area (Å²) >= 11 is 0. The number of rotatable bonds is 7. The van der Waals surface area contributed by atoms with E-state index in [4.69, 9.17) is 9.47 Å². The first-order valence-electron chi connectivity index (χ1n) is 8.37. The van der Waals surface area contributed by atoms with E-state index in [1.54, 1.807) is 18.2 Å². The van der Waals surface area contributed by atoms with Crippen LogP contribution in [0.4, 0.5) is 8.78 Å². The molecule has 0 saturated heterocycles. The smallest absolute Gasteiger partial charge is 0.387 e. The topological polar surface area (TPSA) is 73.9 Å². The molecule has 0 aromatic heterocycles. The van der Waals surface area contributed by atoms with Crippen molar-refractivity contribution in [3.63, 3.8) is 0 Å². The van der Waals surface area contributed by atoms with E-state index >= 15 is 0 Å². The molecule has 0 saturated carbocycles. The minimum atomic E-state index is -3.71. The van der Waals surface area contributed by atoms with Crippen LogP contribution in [0.2, 0.25) is 0 Å². The van der Waals surface area contributed by atoms with Crippen molar-refractivity contribution in [1.82, 2.24) is 4.72 Å². The quantitative estimate of drug-likeness (QED) is 0.775. The van der Waals surface area contributed by atoms with Gasteiger partial charge in [0, 0.05) is 19.0 Å². The Balaban J connectivity index is 1.59. The van der Waals surface area contributed by atoms with Gasteiger partial charge in [0.1, 0.15) is 5.75 Å². The summed E-state index contributed by atoms with van der Waals surface area (Å²) in [5.41, 5.74) is 0.790. The van der Waals surface area contributed by atoms with Crippen LogP contribution in [0.5, 0.6) is 17.2 Å². The summed E-state index contributed by atoms with van der Waals surface area (Å²) in [6.07, 6.45) is 1.13. The average molecular weight is 399 g/mol. The predicted molar refractivity (Wildman–Crippen MR) is 94.0 cm³/mol. The highest BCUT2D eigenvalue weighted by Crippen LogP contribution is 2.31. The Bertz CT molecular complexity index is 872. The molecule has 1 aliphatic rings. The zero-order valence-electron chi connectivity index (χ0n) is 14.4. The number of hydrogen-bond donors (Lipinski definition) is 1. The van der Waals surface area contributed by atoms with Crippen molar-refractivity contribution < 1.29 is 31.4 Å². The molecule has 9 heteroatoms. The molecule has 2 aromatic carbocycles. The molecule has 0 unspecified atom stereocenters. The van der Waals surface area contributed by atoms with Crippen molar-refractivity contribution in [2.75, 3.05) is 19.8 Å². The van der Waals surface area contributed by atoms with Crippen LogP contribution in [0.25, 0.3) is 0 Å². The van der Waals surface area contributed by atoms with E-state index in [-0.39, 0.29) is 17.2 Å². The number of ether oxygens (including phenoxy) is 3. The third-order valence-corrected chi connectivity index (χ3v) is 5.34. The Morgan fingerprint density at radius 2 is 1.74 bits per heavy atom. The van der Waals surface area contributed by atoms with E-state index in [2.05, 4.69) is 9.46 Å². The Kier molecular flexibility index (Phi) is 6.12. The van der Waals surface area contributed by atoms with Gasteiger partial charge in [-0.3, -0.25) is 0 Å². The first-order chi connectivity index (χ1) is 12.9. The normalized spacial score (nSPS) is 14.0. The van der Waals surface area contributed by atoms with Crippen LogP contribution in [-0.4, -0.2) is 34.8 Å². The van der Waals surface area contributed by atoms with E-state index in [1.807, 2.05) is 0 Å². The third-order valence-electron chi connectivity index (χ3n) is 3.88. The van der Waals surface area contributed by atoms with Gasteiger partial charge in [-0.15, -0.1) is 0 Å². The third kappa shape index (κ3) is 5.30. The predicted octanol–water partition coefficient (Wildman–Crippen LogP) is 2.97. The van der Waals surface area contributed by atoms with Crippen molar-refractivity contribution in [3.05, 3.63) is 48.0 Å². The molecule has 6 nitrogen and oxygen atoms in total. The molecule has 1 heterocycles. The van der Waals surface area contributed by atoms with E-state index in [9.17, 15) is 17.2 Å². The molecule has 0 radical (unpaired) electrons. The molecular weight excluding hydrogens is 380 g/mol. The molecule has 146 valence electrons. The molecule has 27 heavy (non-hydrogen) atoms. The van der Waals surface area contributed by atoms with Crippen molar-refractivity contribution in [2.24, 2.45) is 0 Å². The minimum absolute atomic E-state index is 0.0570. The first kappa shape index (κ1) is 19.4. The standard InChI is InChI=1S/C18H19F2NO5S/c19-18(20)26-14-4-2-13(3-5-14)8-9-21-27(22,23)15-6-7-16-17(12-15)25-11-1-10-24-16/h2-7,12,18,21H,1,8-11H2. The SMILES string of the molecule is O=S(=O)(NCCc1ccc(OC(F)F)cc1)c1ccc2c(c1)OCCCO2. The summed E-state index contributed by atoms with van der Waals surface area (Å²) in [5.74, 6) is 0.990. The zero-order valence-corrected chi connectivity index (χ0v) is 15.2. The summed E-state index contributed by atoms with van der Waals surface area (Å²) in [4.78, 5) is 0.0902. The zero-order chi connectivity index (χ0) is 19.3. The molecular formula is C18H19F2NO5S. The molecule has 1 aliphatic heterocycles. The fourth-order valence-corrected chi connectivity index (χ4v) is 3.61. The van der Waals surface area contributed by atoms with E-state index in [0.717, 1.165) is 12.0 Å². The lowest BCUT2D eigenvalue weighted by molar-refractivity contribution is -0.0498. The second-order valence-corrected chi connectivity index (χ2v) is 7.60. The molecule has 0 fully saturated rings. The molecule has 3 rings (SSSR count). The van der Waals surface area contributed by atoms with E-state index in [0.29, 0.717) is 31.1 Å². The Morgan fingerprint density at radius 1 is 1.04 bits per heavy atom. The van der Waals surface area contributed by atoms with Crippen LogP contribution in [0.15, 0.2) is 47.4 Å². The van der Waals surface area contributed by atoms with Crippen LogP contribution in [-0.2, 0) is 16.4 Å².